The number of carbonyl (C=O) groups excluding carboxylic acids is 1. The first-order valence-electron chi connectivity index (χ1n) is 6.31. The molecule has 0 aliphatic heterocycles. The Morgan fingerprint density at radius 3 is 2.67 bits per heavy atom. The molecular formula is C14H18BrNO2. The highest BCUT2D eigenvalue weighted by Gasteiger charge is 2.30. The number of aliphatic hydroxyl groups is 1. The fourth-order valence-electron chi connectivity index (χ4n) is 2.52. The van der Waals surface area contributed by atoms with Crippen LogP contribution in [0.2, 0.25) is 0 Å². The van der Waals surface area contributed by atoms with Crippen molar-refractivity contribution in [1.29, 1.82) is 0 Å². The third kappa shape index (κ3) is 2.75. The first kappa shape index (κ1) is 13.6. The predicted molar refractivity (Wildman–Crippen MR) is 74.5 cm³/mol. The van der Waals surface area contributed by atoms with E-state index in [0.717, 1.165) is 30.2 Å². The fourth-order valence-corrected chi connectivity index (χ4v) is 2.97. The van der Waals surface area contributed by atoms with Gasteiger partial charge >= 0.3 is 0 Å². The average molecular weight is 312 g/mol. The summed E-state index contributed by atoms with van der Waals surface area (Å²) >= 11 is 3.39. The van der Waals surface area contributed by atoms with E-state index >= 15 is 0 Å². The smallest absolute Gasteiger partial charge is 0.255 e. The Labute approximate surface area is 116 Å². The van der Waals surface area contributed by atoms with Crippen LogP contribution in [0.15, 0.2) is 28.7 Å². The molecule has 1 fully saturated rings. The van der Waals surface area contributed by atoms with E-state index in [9.17, 15) is 9.90 Å². The third-order valence-corrected chi connectivity index (χ3v) is 4.31. The molecule has 1 aromatic carbocycles. The molecule has 1 amide bonds. The van der Waals surface area contributed by atoms with Gasteiger partial charge in [0.2, 0.25) is 0 Å². The molecule has 0 heterocycles. The Morgan fingerprint density at radius 2 is 2.00 bits per heavy atom. The van der Waals surface area contributed by atoms with Crippen molar-refractivity contribution >= 4 is 21.8 Å². The maximum Gasteiger partial charge on any atom is 0.255 e. The van der Waals surface area contributed by atoms with Crippen LogP contribution in [0.25, 0.3) is 0 Å². The summed E-state index contributed by atoms with van der Waals surface area (Å²) in [4.78, 5) is 14.1. The van der Waals surface area contributed by atoms with E-state index in [4.69, 9.17) is 0 Å². The number of amides is 1. The van der Waals surface area contributed by atoms with Gasteiger partial charge in [-0.05, 0) is 40.9 Å². The molecule has 98 valence electrons. The largest absolute Gasteiger partial charge is 0.391 e. The molecule has 1 aliphatic carbocycles. The molecule has 0 spiro atoms. The lowest BCUT2D eigenvalue weighted by Gasteiger charge is -2.35. The van der Waals surface area contributed by atoms with Crippen LogP contribution >= 0.6 is 15.9 Å². The van der Waals surface area contributed by atoms with Gasteiger partial charge in [0, 0.05) is 11.5 Å². The van der Waals surface area contributed by atoms with Gasteiger partial charge < -0.3 is 10.0 Å². The molecule has 0 saturated heterocycles. The second-order valence-electron chi connectivity index (χ2n) is 4.82. The fraction of sp³-hybridized carbons (Fsp3) is 0.500. The number of rotatable bonds is 2. The highest BCUT2D eigenvalue weighted by molar-refractivity contribution is 9.10. The van der Waals surface area contributed by atoms with Crippen molar-refractivity contribution in [3.8, 4) is 0 Å². The number of aliphatic hydroxyl groups excluding tert-OH is 1. The van der Waals surface area contributed by atoms with Crippen molar-refractivity contribution in [2.45, 2.75) is 37.8 Å². The zero-order chi connectivity index (χ0) is 13.1. The monoisotopic (exact) mass is 311 g/mol. The number of nitrogens with zero attached hydrogens (tertiary/aromatic N) is 1. The lowest BCUT2D eigenvalue weighted by molar-refractivity contribution is 0.0267. The topological polar surface area (TPSA) is 40.5 Å². The molecule has 18 heavy (non-hydrogen) atoms. The minimum atomic E-state index is -0.393. The van der Waals surface area contributed by atoms with Gasteiger partial charge in [-0.1, -0.05) is 25.0 Å². The predicted octanol–water partition coefficient (Wildman–Crippen LogP) is 2.82. The molecule has 1 N–H and O–H groups in total. The maximum absolute atomic E-state index is 12.4. The molecule has 2 atom stereocenters. The number of carbonyl (C=O) groups is 1. The van der Waals surface area contributed by atoms with Crippen LogP contribution < -0.4 is 0 Å². The van der Waals surface area contributed by atoms with Gasteiger partial charge in [-0.25, -0.2) is 0 Å². The second kappa shape index (κ2) is 5.85. The molecular weight excluding hydrogens is 294 g/mol. The molecule has 0 unspecified atom stereocenters. The summed E-state index contributed by atoms with van der Waals surface area (Å²) in [7, 11) is 1.78. The summed E-state index contributed by atoms with van der Waals surface area (Å²) in [6, 6.07) is 7.34. The average Bonchev–Trinajstić information content (AvgIpc) is 2.38. The summed E-state index contributed by atoms with van der Waals surface area (Å²) in [5, 5.41) is 10.00. The van der Waals surface area contributed by atoms with Crippen molar-refractivity contribution in [3.05, 3.63) is 34.3 Å². The summed E-state index contributed by atoms with van der Waals surface area (Å²) in [6.45, 7) is 0. The van der Waals surface area contributed by atoms with Crippen LogP contribution in [-0.4, -0.2) is 35.1 Å². The van der Waals surface area contributed by atoms with Gasteiger partial charge in [-0.2, -0.15) is 0 Å². The van der Waals surface area contributed by atoms with E-state index in [1.165, 1.54) is 0 Å². The minimum absolute atomic E-state index is 0.0339. The Bertz CT molecular complexity index is 436. The van der Waals surface area contributed by atoms with Crippen molar-refractivity contribution in [2.24, 2.45) is 0 Å². The summed E-state index contributed by atoms with van der Waals surface area (Å²) in [5.74, 6) is -0.0339. The van der Waals surface area contributed by atoms with Crippen molar-refractivity contribution in [1.82, 2.24) is 4.90 Å². The van der Waals surface area contributed by atoms with Crippen LogP contribution in [0.4, 0.5) is 0 Å². The third-order valence-electron chi connectivity index (χ3n) is 3.62. The molecule has 0 radical (unpaired) electrons. The molecule has 3 nitrogen and oxygen atoms in total. The lowest BCUT2D eigenvalue weighted by atomic mass is 9.91. The summed E-state index contributed by atoms with van der Waals surface area (Å²) in [5.41, 5.74) is 0.651. The van der Waals surface area contributed by atoms with Gasteiger partial charge in [-0.15, -0.1) is 0 Å². The standard InChI is InChI=1S/C14H18BrNO2/c1-16(12-8-4-5-9-13(12)17)14(18)10-6-2-3-7-11(10)15/h2-3,6-7,12-13,17H,4-5,8-9H2,1H3/t12-,13+/m1/s1. The zero-order valence-electron chi connectivity index (χ0n) is 10.5. The summed E-state index contributed by atoms with van der Waals surface area (Å²) < 4.78 is 0.798. The Hall–Kier alpha value is -0.870. The number of benzene rings is 1. The zero-order valence-corrected chi connectivity index (χ0v) is 12.1. The van der Waals surface area contributed by atoms with Gasteiger partial charge in [0.25, 0.3) is 5.91 Å². The van der Waals surface area contributed by atoms with E-state index in [2.05, 4.69) is 15.9 Å². The Morgan fingerprint density at radius 1 is 1.33 bits per heavy atom. The minimum Gasteiger partial charge on any atom is -0.391 e. The molecule has 1 aliphatic rings. The first-order chi connectivity index (χ1) is 8.61. The van der Waals surface area contributed by atoms with Gasteiger partial charge in [0.15, 0.2) is 0 Å². The van der Waals surface area contributed by atoms with Crippen molar-refractivity contribution in [3.63, 3.8) is 0 Å². The van der Waals surface area contributed by atoms with Crippen LogP contribution in [0.3, 0.4) is 0 Å². The summed E-state index contributed by atoms with van der Waals surface area (Å²) in [6.07, 6.45) is 3.41. The highest BCUT2D eigenvalue weighted by Crippen LogP contribution is 2.25. The van der Waals surface area contributed by atoms with Crippen molar-refractivity contribution < 1.29 is 9.90 Å². The van der Waals surface area contributed by atoms with E-state index in [0.29, 0.717) is 5.56 Å². The van der Waals surface area contributed by atoms with E-state index < -0.39 is 6.10 Å². The first-order valence-corrected chi connectivity index (χ1v) is 7.10. The molecule has 0 bridgehead atoms. The van der Waals surface area contributed by atoms with Crippen LogP contribution in [0.1, 0.15) is 36.0 Å². The van der Waals surface area contributed by atoms with Crippen molar-refractivity contribution in [2.75, 3.05) is 7.05 Å². The van der Waals surface area contributed by atoms with Crippen LogP contribution in [0, 0.1) is 0 Å². The molecule has 1 saturated carbocycles. The second-order valence-corrected chi connectivity index (χ2v) is 5.67. The van der Waals surface area contributed by atoms with E-state index in [1.807, 2.05) is 18.2 Å². The van der Waals surface area contributed by atoms with Crippen LogP contribution in [0.5, 0.6) is 0 Å². The number of hydrogen-bond donors (Lipinski definition) is 1. The lowest BCUT2D eigenvalue weighted by Crippen LogP contribution is -2.46. The number of likely N-dealkylation sites (N-methyl/N-ethyl adjacent to an activating group) is 1. The van der Waals surface area contributed by atoms with E-state index in [1.54, 1.807) is 18.0 Å². The van der Waals surface area contributed by atoms with Crippen LogP contribution in [-0.2, 0) is 0 Å². The normalized spacial score (nSPS) is 23.7. The highest BCUT2D eigenvalue weighted by atomic mass is 79.9. The maximum atomic E-state index is 12.4. The van der Waals surface area contributed by atoms with Gasteiger partial charge in [0.1, 0.15) is 0 Å². The molecule has 1 aromatic rings. The van der Waals surface area contributed by atoms with E-state index in [-0.39, 0.29) is 11.9 Å². The number of halogens is 1. The molecule has 0 aromatic heterocycles. The molecule has 4 heteroatoms. The van der Waals surface area contributed by atoms with Gasteiger partial charge in [-0.3, -0.25) is 4.79 Å². The Balaban J connectivity index is 2.16. The Kier molecular flexibility index (Phi) is 4.40. The SMILES string of the molecule is CN(C(=O)c1ccccc1Br)[C@@H]1CCCC[C@@H]1O. The molecule has 2 rings (SSSR count). The number of hydrogen-bond acceptors (Lipinski definition) is 2. The van der Waals surface area contributed by atoms with Gasteiger partial charge in [0.05, 0.1) is 17.7 Å². The quantitative estimate of drug-likeness (QED) is 0.912.